The zero-order valence-corrected chi connectivity index (χ0v) is 23.6. The summed E-state index contributed by atoms with van der Waals surface area (Å²) in [6, 6.07) is 26.9. The largest absolute Gasteiger partial charge is 0.491 e. The van der Waals surface area contributed by atoms with Crippen LogP contribution in [0.1, 0.15) is 0 Å². The highest BCUT2D eigenvalue weighted by Crippen LogP contribution is 2.37. The molecule has 12 heteroatoms. The standard InChI is InChI=1S/C32H19F3N6O2.CH5N/c33-32(34,35)31(42)43-20-11-9-19(10-12-20)27-23(18-5-2-1-3-6-18)17-24-26(38-27)14-16-37-28(24)30-39-29(40-41-30)22-7-4-8-25-21(22)13-15-36-25;1-2/h1-17,36H,(H,39,40,41);2H2,1H3. The molecule has 0 saturated carbocycles. The third kappa shape index (κ3) is 5.74. The molecule has 4 aromatic heterocycles. The maximum atomic E-state index is 12.7. The highest BCUT2D eigenvalue weighted by molar-refractivity contribution is 5.98. The van der Waals surface area contributed by atoms with Gasteiger partial charge in [-0.15, -0.1) is 0 Å². The number of alkyl halides is 3. The molecule has 9 nitrogen and oxygen atoms in total. The van der Waals surface area contributed by atoms with Crippen LogP contribution in [-0.2, 0) is 4.79 Å². The number of fused-ring (bicyclic) bond motifs is 2. The maximum Gasteiger partial charge on any atom is 0.491 e. The van der Waals surface area contributed by atoms with Crippen LogP contribution in [0.3, 0.4) is 0 Å². The number of hydrogen-bond acceptors (Lipinski definition) is 7. The van der Waals surface area contributed by atoms with E-state index in [1.165, 1.54) is 19.2 Å². The molecule has 0 aliphatic rings. The van der Waals surface area contributed by atoms with Gasteiger partial charge in [-0.25, -0.2) is 14.8 Å². The lowest BCUT2D eigenvalue weighted by molar-refractivity contribution is -0.189. The summed E-state index contributed by atoms with van der Waals surface area (Å²) in [5, 5.41) is 9.22. The summed E-state index contributed by atoms with van der Waals surface area (Å²) >= 11 is 0. The second kappa shape index (κ2) is 12.0. The van der Waals surface area contributed by atoms with Crippen molar-refractivity contribution in [3.63, 3.8) is 0 Å². The van der Waals surface area contributed by atoms with Gasteiger partial charge in [0.15, 0.2) is 11.6 Å². The van der Waals surface area contributed by atoms with E-state index in [0.29, 0.717) is 34.1 Å². The Bertz CT molecular complexity index is 2120. The number of aromatic amines is 2. The predicted octanol–water partition coefficient (Wildman–Crippen LogP) is 6.94. The van der Waals surface area contributed by atoms with E-state index in [2.05, 4.69) is 30.6 Å². The van der Waals surface area contributed by atoms with Crippen molar-refractivity contribution in [3.8, 4) is 51.0 Å². The van der Waals surface area contributed by atoms with Crippen molar-refractivity contribution in [1.29, 1.82) is 0 Å². The third-order valence-electron chi connectivity index (χ3n) is 6.94. The molecule has 0 spiro atoms. The van der Waals surface area contributed by atoms with Crippen molar-refractivity contribution in [3.05, 3.63) is 103 Å². The Morgan fingerprint density at radius 2 is 1.58 bits per heavy atom. The summed E-state index contributed by atoms with van der Waals surface area (Å²) in [6.45, 7) is 0. The Hall–Kier alpha value is -5.88. The third-order valence-corrected chi connectivity index (χ3v) is 6.94. The summed E-state index contributed by atoms with van der Waals surface area (Å²) in [5.41, 5.74) is 10.4. The minimum Gasteiger partial charge on any atom is -0.420 e. The first-order valence-corrected chi connectivity index (χ1v) is 13.7. The monoisotopic (exact) mass is 607 g/mol. The molecular weight excluding hydrogens is 583 g/mol. The van der Waals surface area contributed by atoms with E-state index in [9.17, 15) is 18.0 Å². The molecule has 45 heavy (non-hydrogen) atoms. The molecule has 3 aromatic carbocycles. The smallest absolute Gasteiger partial charge is 0.420 e. The number of carbonyl (C=O) groups excluding carboxylic acids is 1. The SMILES string of the molecule is CN.O=C(Oc1ccc(-c2nc3ccnc(-c4nc(-c5cccc6[nH]ccc56)n[nH]4)c3cc2-c2ccccc2)cc1)C(F)(F)F. The van der Waals surface area contributed by atoms with Crippen LogP contribution in [0.5, 0.6) is 5.75 Å². The Kier molecular flexibility index (Phi) is 7.80. The van der Waals surface area contributed by atoms with Crippen LogP contribution in [0, 0.1) is 0 Å². The van der Waals surface area contributed by atoms with Crippen molar-refractivity contribution in [2.75, 3.05) is 7.05 Å². The number of nitrogens with zero attached hydrogens (tertiary/aromatic N) is 4. The summed E-state index contributed by atoms with van der Waals surface area (Å²) in [7, 11) is 1.50. The number of hydrogen-bond donors (Lipinski definition) is 3. The van der Waals surface area contributed by atoms with E-state index >= 15 is 0 Å². The van der Waals surface area contributed by atoms with Gasteiger partial charge >= 0.3 is 12.1 Å². The van der Waals surface area contributed by atoms with Crippen LogP contribution in [0.15, 0.2) is 103 Å². The summed E-state index contributed by atoms with van der Waals surface area (Å²) in [4.78, 5) is 28.8. The van der Waals surface area contributed by atoms with Crippen LogP contribution >= 0.6 is 0 Å². The molecule has 0 amide bonds. The second-order valence-electron chi connectivity index (χ2n) is 9.64. The van der Waals surface area contributed by atoms with Gasteiger partial charge in [0.2, 0.25) is 0 Å². The molecule has 224 valence electrons. The highest BCUT2D eigenvalue weighted by atomic mass is 19.4. The maximum absolute atomic E-state index is 12.7. The highest BCUT2D eigenvalue weighted by Gasteiger charge is 2.41. The molecule has 0 atom stereocenters. The summed E-state index contributed by atoms with van der Waals surface area (Å²) in [6.07, 6.45) is -1.60. The molecule has 4 N–H and O–H groups in total. The number of H-pyrrole nitrogens is 2. The van der Waals surface area contributed by atoms with Gasteiger partial charge < -0.3 is 15.5 Å². The fourth-order valence-corrected chi connectivity index (χ4v) is 4.96. The fourth-order valence-electron chi connectivity index (χ4n) is 4.96. The fraction of sp³-hybridized carbons (Fsp3) is 0.0606. The van der Waals surface area contributed by atoms with Gasteiger partial charge in [0, 0.05) is 45.4 Å². The van der Waals surface area contributed by atoms with Gasteiger partial charge in [-0.2, -0.15) is 18.3 Å². The van der Waals surface area contributed by atoms with Crippen molar-refractivity contribution >= 4 is 27.8 Å². The summed E-state index contributed by atoms with van der Waals surface area (Å²) < 4.78 is 42.4. The average molecular weight is 608 g/mol. The lowest BCUT2D eigenvalue weighted by atomic mass is 9.97. The molecule has 0 saturated heterocycles. The normalized spacial score (nSPS) is 11.3. The van der Waals surface area contributed by atoms with E-state index in [4.69, 9.17) is 9.97 Å². The first kappa shape index (κ1) is 29.2. The molecular formula is C33H24F3N7O2. The van der Waals surface area contributed by atoms with E-state index in [1.807, 2.05) is 66.9 Å². The van der Waals surface area contributed by atoms with Gasteiger partial charge in [0.05, 0.1) is 11.2 Å². The molecule has 0 radical (unpaired) electrons. The van der Waals surface area contributed by atoms with E-state index in [0.717, 1.165) is 33.0 Å². The quantitative estimate of drug-likeness (QED) is 0.142. The number of halogens is 3. The number of pyridine rings is 2. The molecule has 0 unspecified atom stereocenters. The first-order chi connectivity index (χ1) is 21.8. The van der Waals surface area contributed by atoms with Crippen LogP contribution in [0.4, 0.5) is 13.2 Å². The number of nitrogens with one attached hydrogen (secondary N) is 2. The van der Waals surface area contributed by atoms with Crippen LogP contribution < -0.4 is 10.5 Å². The molecule has 0 aliphatic heterocycles. The number of esters is 1. The average Bonchev–Trinajstić information content (AvgIpc) is 3.76. The number of ether oxygens (including phenoxy) is 1. The molecule has 0 bridgehead atoms. The first-order valence-electron chi connectivity index (χ1n) is 13.7. The Morgan fingerprint density at radius 3 is 2.33 bits per heavy atom. The lowest BCUT2D eigenvalue weighted by Gasteiger charge is -2.13. The number of benzene rings is 3. The van der Waals surface area contributed by atoms with Crippen LogP contribution in [0.25, 0.3) is 67.1 Å². The Labute approximate surface area is 254 Å². The minimum atomic E-state index is -5.09. The molecule has 7 aromatic rings. The van der Waals surface area contributed by atoms with Gasteiger partial charge in [-0.05, 0) is 61.1 Å². The summed E-state index contributed by atoms with van der Waals surface area (Å²) in [5.74, 6) is -1.51. The minimum absolute atomic E-state index is 0.226. The van der Waals surface area contributed by atoms with Gasteiger partial charge in [-0.1, -0.05) is 42.5 Å². The van der Waals surface area contributed by atoms with E-state index in [1.54, 1.807) is 24.4 Å². The number of rotatable bonds is 5. The molecule has 7 rings (SSSR count). The zero-order valence-electron chi connectivity index (χ0n) is 23.6. The Morgan fingerprint density at radius 1 is 0.800 bits per heavy atom. The van der Waals surface area contributed by atoms with Gasteiger partial charge in [0.25, 0.3) is 0 Å². The number of aromatic nitrogens is 6. The van der Waals surface area contributed by atoms with Gasteiger partial charge in [-0.3, -0.25) is 10.1 Å². The molecule has 0 aliphatic carbocycles. The number of carbonyl (C=O) groups is 1. The lowest BCUT2D eigenvalue weighted by Crippen LogP contribution is -2.27. The molecule has 4 heterocycles. The van der Waals surface area contributed by atoms with Crippen molar-refractivity contribution in [1.82, 2.24) is 30.1 Å². The van der Waals surface area contributed by atoms with Crippen molar-refractivity contribution < 1.29 is 22.7 Å². The van der Waals surface area contributed by atoms with Gasteiger partial charge in [0.1, 0.15) is 11.4 Å². The van der Waals surface area contributed by atoms with E-state index < -0.39 is 12.1 Å². The van der Waals surface area contributed by atoms with Crippen molar-refractivity contribution in [2.24, 2.45) is 5.73 Å². The van der Waals surface area contributed by atoms with Crippen LogP contribution in [0.2, 0.25) is 0 Å². The van der Waals surface area contributed by atoms with Crippen molar-refractivity contribution in [2.45, 2.75) is 6.18 Å². The topological polar surface area (TPSA) is 135 Å². The Balaban J connectivity index is 0.00000175. The van der Waals surface area contributed by atoms with E-state index in [-0.39, 0.29) is 5.75 Å². The predicted molar refractivity (Wildman–Crippen MR) is 165 cm³/mol. The second-order valence-corrected chi connectivity index (χ2v) is 9.64. The van der Waals surface area contributed by atoms with Crippen LogP contribution in [-0.4, -0.2) is 49.3 Å². The molecule has 0 fully saturated rings. The number of nitrogens with two attached hydrogens (primary N) is 1. The zero-order chi connectivity index (χ0) is 31.6.